The van der Waals surface area contributed by atoms with Gasteiger partial charge >= 0.3 is 5.97 Å². The van der Waals surface area contributed by atoms with Crippen molar-refractivity contribution in [2.75, 3.05) is 11.9 Å². The van der Waals surface area contributed by atoms with Crippen LogP contribution in [0, 0.1) is 5.82 Å². The summed E-state index contributed by atoms with van der Waals surface area (Å²) in [5.74, 6) is -1.94. The average Bonchev–Trinajstić information content (AvgIpc) is 3.17. The van der Waals surface area contributed by atoms with Gasteiger partial charge in [0.15, 0.2) is 0 Å². The summed E-state index contributed by atoms with van der Waals surface area (Å²) in [6, 6.07) is 11.9. The summed E-state index contributed by atoms with van der Waals surface area (Å²) in [5.41, 5.74) is 3.02. The van der Waals surface area contributed by atoms with E-state index in [1.165, 1.54) is 23.5 Å². The van der Waals surface area contributed by atoms with E-state index in [2.05, 4.69) is 5.32 Å². The molecule has 0 fully saturated rings. The largest absolute Gasteiger partial charge is 0.462 e. The molecule has 1 aromatic heterocycles. The first-order valence-electron chi connectivity index (χ1n) is 8.67. The Morgan fingerprint density at radius 3 is 2.71 bits per heavy atom. The van der Waals surface area contributed by atoms with Crippen LogP contribution in [0.5, 0.6) is 0 Å². The minimum absolute atomic E-state index is 0.00428. The Bertz CT molecular complexity index is 1090. The first-order valence-corrected chi connectivity index (χ1v) is 9.87. The van der Waals surface area contributed by atoms with Crippen molar-refractivity contribution in [3.05, 3.63) is 75.6 Å². The van der Waals surface area contributed by atoms with Gasteiger partial charge in [0.05, 0.1) is 22.8 Å². The van der Waals surface area contributed by atoms with Gasteiger partial charge in [-0.2, -0.15) is 0 Å². The highest BCUT2D eigenvalue weighted by atomic mass is 35.5. The number of esters is 1. The molecule has 0 radical (unpaired) electrons. The zero-order chi connectivity index (χ0) is 19.8. The normalized spacial score (nSPS) is 11.7. The van der Waals surface area contributed by atoms with Crippen LogP contribution < -0.4 is 5.32 Å². The lowest BCUT2D eigenvalue weighted by Crippen LogP contribution is -2.17. The third kappa shape index (κ3) is 3.08. The third-order valence-corrected chi connectivity index (χ3v) is 6.03. The zero-order valence-corrected chi connectivity index (χ0v) is 16.4. The van der Waals surface area contributed by atoms with E-state index in [4.69, 9.17) is 16.3 Å². The summed E-state index contributed by atoms with van der Waals surface area (Å²) in [5, 5.41) is 3.00. The zero-order valence-electron chi connectivity index (χ0n) is 14.8. The second kappa shape index (κ2) is 7.37. The lowest BCUT2D eigenvalue weighted by molar-refractivity contribution is 0.0527. The Hall–Kier alpha value is -2.70. The van der Waals surface area contributed by atoms with Gasteiger partial charge in [0.1, 0.15) is 10.8 Å². The van der Waals surface area contributed by atoms with Gasteiger partial charge in [-0.05, 0) is 35.7 Å². The second-order valence-electron chi connectivity index (χ2n) is 6.22. The van der Waals surface area contributed by atoms with Crippen molar-refractivity contribution in [3.63, 3.8) is 0 Å². The number of hydrogen-bond donors (Lipinski definition) is 1. The third-order valence-electron chi connectivity index (χ3n) is 4.53. The summed E-state index contributed by atoms with van der Waals surface area (Å²) in [6.45, 7) is 1.93. The van der Waals surface area contributed by atoms with Gasteiger partial charge in [-0.3, -0.25) is 4.79 Å². The Kier molecular flexibility index (Phi) is 4.91. The molecule has 7 heteroatoms. The van der Waals surface area contributed by atoms with Crippen molar-refractivity contribution in [1.82, 2.24) is 0 Å². The van der Waals surface area contributed by atoms with E-state index in [1.54, 1.807) is 6.92 Å². The summed E-state index contributed by atoms with van der Waals surface area (Å²) in [7, 11) is 0. The van der Waals surface area contributed by atoms with Crippen molar-refractivity contribution < 1.29 is 18.7 Å². The monoisotopic (exact) mass is 415 g/mol. The van der Waals surface area contributed by atoms with Crippen LogP contribution in [0.25, 0.3) is 10.4 Å². The number of amides is 1. The van der Waals surface area contributed by atoms with E-state index in [0.717, 1.165) is 27.6 Å². The molecule has 2 aromatic carbocycles. The van der Waals surface area contributed by atoms with Crippen molar-refractivity contribution in [2.24, 2.45) is 0 Å². The van der Waals surface area contributed by atoms with E-state index >= 15 is 0 Å². The molecule has 4 nitrogen and oxygen atoms in total. The van der Waals surface area contributed by atoms with Gasteiger partial charge in [0.25, 0.3) is 5.91 Å². The maximum absolute atomic E-state index is 14.1. The molecule has 0 unspecified atom stereocenters. The fraction of sp³-hybridized carbons (Fsp3) is 0.143. The van der Waals surface area contributed by atoms with Gasteiger partial charge in [-0.15, -0.1) is 11.3 Å². The molecule has 0 aliphatic heterocycles. The number of benzene rings is 2. The minimum atomic E-state index is -0.725. The highest BCUT2D eigenvalue weighted by molar-refractivity contribution is 7.20. The molecule has 1 heterocycles. The molecule has 0 saturated heterocycles. The number of fused-ring (bicyclic) bond motifs is 3. The van der Waals surface area contributed by atoms with Crippen LogP contribution in [0.1, 0.15) is 38.8 Å². The van der Waals surface area contributed by atoms with E-state index in [1.807, 2.05) is 24.3 Å². The molecule has 0 saturated carbocycles. The summed E-state index contributed by atoms with van der Waals surface area (Å²) in [4.78, 5) is 26.2. The number of rotatable bonds is 4. The predicted molar refractivity (Wildman–Crippen MR) is 108 cm³/mol. The summed E-state index contributed by atoms with van der Waals surface area (Å²) < 4.78 is 19.3. The first-order chi connectivity index (χ1) is 13.5. The Balaban J connectivity index is 1.78. The van der Waals surface area contributed by atoms with E-state index in [-0.39, 0.29) is 17.2 Å². The Labute approximate surface area is 169 Å². The lowest BCUT2D eigenvalue weighted by Gasteiger charge is -2.09. The topological polar surface area (TPSA) is 55.4 Å². The summed E-state index contributed by atoms with van der Waals surface area (Å²) >= 11 is 7.28. The number of halogens is 2. The number of carbonyl (C=O) groups excluding carboxylic acids is 2. The summed E-state index contributed by atoms with van der Waals surface area (Å²) in [6.07, 6.45) is 0.576. The van der Waals surface area contributed by atoms with E-state index in [9.17, 15) is 14.0 Å². The molecule has 0 atom stereocenters. The van der Waals surface area contributed by atoms with Crippen LogP contribution >= 0.6 is 22.9 Å². The maximum atomic E-state index is 14.1. The second-order valence-corrected chi connectivity index (χ2v) is 7.65. The average molecular weight is 416 g/mol. The highest BCUT2D eigenvalue weighted by Crippen LogP contribution is 2.47. The fourth-order valence-corrected chi connectivity index (χ4v) is 4.84. The molecule has 1 amide bonds. The van der Waals surface area contributed by atoms with Crippen molar-refractivity contribution in [2.45, 2.75) is 13.3 Å². The van der Waals surface area contributed by atoms with Crippen LogP contribution in [0.15, 0.2) is 42.5 Å². The number of carbonyl (C=O) groups is 2. The quantitative estimate of drug-likeness (QED) is 0.445. The van der Waals surface area contributed by atoms with Gasteiger partial charge in [-0.1, -0.05) is 41.9 Å². The lowest BCUT2D eigenvalue weighted by atomic mass is 10.1. The van der Waals surface area contributed by atoms with Crippen molar-refractivity contribution >= 4 is 39.8 Å². The van der Waals surface area contributed by atoms with Crippen molar-refractivity contribution in [3.8, 4) is 10.4 Å². The molecule has 0 spiro atoms. The smallest absolute Gasteiger partial charge is 0.341 e. The standard InChI is InChI=1S/C21H15ClFNO3S/c1-2-27-21(26)16-13-10-11-6-3-4-7-12(11)18(13)28-20(16)24-19(25)17-14(22)8-5-9-15(17)23/h3-9H,2,10H2,1H3,(H,24,25). The maximum Gasteiger partial charge on any atom is 0.341 e. The van der Waals surface area contributed by atoms with Crippen LogP contribution in [0.3, 0.4) is 0 Å². The molecule has 1 N–H and O–H groups in total. The first kappa shape index (κ1) is 18.7. The van der Waals surface area contributed by atoms with Crippen LogP contribution in [-0.4, -0.2) is 18.5 Å². The predicted octanol–water partition coefficient (Wildman–Crippen LogP) is 5.54. The van der Waals surface area contributed by atoms with Crippen LogP contribution in [0.2, 0.25) is 5.02 Å². The molecule has 4 rings (SSSR count). The van der Waals surface area contributed by atoms with Gasteiger partial charge in [0, 0.05) is 11.3 Å². The SMILES string of the molecule is CCOC(=O)c1c(NC(=O)c2c(F)cccc2Cl)sc2c1Cc1ccccc1-2. The number of anilines is 1. The molecule has 0 bridgehead atoms. The molecule has 28 heavy (non-hydrogen) atoms. The molecular weight excluding hydrogens is 401 g/mol. The van der Waals surface area contributed by atoms with Gasteiger partial charge < -0.3 is 10.1 Å². The van der Waals surface area contributed by atoms with Crippen LogP contribution in [-0.2, 0) is 11.2 Å². The van der Waals surface area contributed by atoms with E-state index < -0.39 is 17.7 Å². The molecule has 1 aliphatic carbocycles. The minimum Gasteiger partial charge on any atom is -0.462 e. The van der Waals surface area contributed by atoms with Gasteiger partial charge in [0.2, 0.25) is 0 Å². The number of nitrogens with one attached hydrogen (secondary N) is 1. The van der Waals surface area contributed by atoms with Crippen molar-refractivity contribution in [1.29, 1.82) is 0 Å². The van der Waals surface area contributed by atoms with E-state index in [0.29, 0.717) is 17.0 Å². The molecule has 1 aliphatic rings. The molecular formula is C21H15ClFNO3S. The number of hydrogen-bond acceptors (Lipinski definition) is 4. The van der Waals surface area contributed by atoms with Gasteiger partial charge in [-0.25, -0.2) is 9.18 Å². The Morgan fingerprint density at radius 2 is 1.96 bits per heavy atom. The highest BCUT2D eigenvalue weighted by Gasteiger charge is 2.32. The fourth-order valence-electron chi connectivity index (χ4n) is 3.33. The molecule has 3 aromatic rings. The van der Waals surface area contributed by atoms with Crippen LogP contribution in [0.4, 0.5) is 9.39 Å². The number of ether oxygens (including phenoxy) is 1. The Morgan fingerprint density at radius 1 is 1.18 bits per heavy atom. The number of thiophene rings is 1. The molecule has 142 valence electrons.